The molecule has 0 aliphatic carbocycles. The molecule has 0 saturated heterocycles. The Morgan fingerprint density at radius 2 is 1.32 bits per heavy atom. The molecule has 0 aromatic carbocycles. The molecule has 0 spiro atoms. The third kappa shape index (κ3) is 15.8. The smallest absolute Gasteiger partial charge is 0.00391 e. The van der Waals surface area contributed by atoms with Crippen molar-refractivity contribution in [2.75, 3.05) is 32.7 Å². The van der Waals surface area contributed by atoms with Crippen LogP contribution >= 0.6 is 0 Å². The van der Waals surface area contributed by atoms with Crippen molar-refractivity contribution in [2.24, 2.45) is 11.5 Å². The summed E-state index contributed by atoms with van der Waals surface area (Å²) < 4.78 is 0. The quantitative estimate of drug-likeness (QED) is 0.342. The Balaban J connectivity index is 3.02. The Morgan fingerprint density at radius 3 is 2.00 bits per heavy atom. The number of hydrogen-bond donors (Lipinski definition) is 4. The molecule has 0 aliphatic rings. The summed E-state index contributed by atoms with van der Waals surface area (Å²) in [4.78, 5) is 0. The molecular weight excluding hydrogens is 236 g/mol. The zero-order valence-electron chi connectivity index (χ0n) is 12.9. The van der Waals surface area contributed by atoms with E-state index in [0.717, 1.165) is 39.1 Å². The molecule has 0 amide bonds. The van der Waals surface area contributed by atoms with Gasteiger partial charge in [-0.3, -0.25) is 0 Å². The minimum atomic E-state index is 0.610. The Bertz CT molecular complexity index is 164. The van der Waals surface area contributed by atoms with Crippen molar-refractivity contribution in [2.45, 2.75) is 64.3 Å². The maximum atomic E-state index is 5.50. The summed E-state index contributed by atoms with van der Waals surface area (Å²) in [6.45, 7) is 7.32. The van der Waals surface area contributed by atoms with Gasteiger partial charge in [-0.25, -0.2) is 0 Å². The molecule has 0 rings (SSSR count). The molecule has 4 nitrogen and oxygen atoms in total. The second-order valence-corrected chi connectivity index (χ2v) is 5.45. The molecule has 19 heavy (non-hydrogen) atoms. The van der Waals surface area contributed by atoms with Gasteiger partial charge in [0.2, 0.25) is 0 Å². The highest BCUT2D eigenvalue weighted by atomic mass is 14.9. The first-order valence-electron chi connectivity index (χ1n) is 8.15. The van der Waals surface area contributed by atoms with Crippen LogP contribution in [0, 0.1) is 0 Å². The fourth-order valence-electron chi connectivity index (χ4n) is 2.12. The van der Waals surface area contributed by atoms with E-state index in [4.69, 9.17) is 11.5 Å². The Kier molecular flexibility index (Phi) is 15.8. The van der Waals surface area contributed by atoms with Crippen molar-refractivity contribution in [3.05, 3.63) is 0 Å². The Labute approximate surface area is 120 Å². The lowest BCUT2D eigenvalue weighted by Gasteiger charge is -2.13. The molecule has 0 radical (unpaired) electrons. The average Bonchev–Trinajstić information content (AvgIpc) is 2.42. The van der Waals surface area contributed by atoms with E-state index in [9.17, 15) is 0 Å². The monoisotopic (exact) mass is 272 g/mol. The van der Waals surface area contributed by atoms with Gasteiger partial charge in [0.15, 0.2) is 0 Å². The van der Waals surface area contributed by atoms with Crippen LogP contribution in [-0.4, -0.2) is 38.8 Å². The highest BCUT2D eigenvalue weighted by Crippen LogP contribution is 1.97. The first-order chi connectivity index (χ1) is 9.31. The van der Waals surface area contributed by atoms with Crippen molar-refractivity contribution in [1.82, 2.24) is 10.6 Å². The van der Waals surface area contributed by atoms with Crippen molar-refractivity contribution in [3.8, 4) is 0 Å². The minimum Gasteiger partial charge on any atom is -0.330 e. The molecule has 116 valence electrons. The number of unbranched alkanes of at least 4 members (excludes halogenated alkanes) is 4. The van der Waals surface area contributed by atoms with Crippen LogP contribution in [0.1, 0.15) is 58.3 Å². The lowest BCUT2D eigenvalue weighted by molar-refractivity contribution is 0.483. The standard InChI is InChI=1S/C15H36N4/c1-15(9-8-11-17)19-14-7-6-13-18-12-5-3-2-4-10-16/h15,18-19H,2-14,16-17H2,1H3. The molecule has 0 aromatic rings. The van der Waals surface area contributed by atoms with Crippen LogP contribution in [0.4, 0.5) is 0 Å². The second kappa shape index (κ2) is 15.9. The highest BCUT2D eigenvalue weighted by molar-refractivity contribution is 4.61. The van der Waals surface area contributed by atoms with Gasteiger partial charge >= 0.3 is 0 Å². The van der Waals surface area contributed by atoms with Crippen LogP contribution in [0.15, 0.2) is 0 Å². The normalized spacial score (nSPS) is 12.8. The number of hydrogen-bond acceptors (Lipinski definition) is 4. The Hall–Kier alpha value is -0.160. The average molecular weight is 272 g/mol. The molecule has 4 heteroatoms. The number of rotatable bonds is 15. The molecule has 0 aliphatic heterocycles. The molecule has 0 saturated carbocycles. The van der Waals surface area contributed by atoms with Gasteiger partial charge in [0.1, 0.15) is 0 Å². The summed E-state index contributed by atoms with van der Waals surface area (Å²) in [7, 11) is 0. The van der Waals surface area contributed by atoms with E-state index in [1.807, 2.05) is 0 Å². The molecule has 0 fully saturated rings. The molecular formula is C15H36N4. The van der Waals surface area contributed by atoms with Crippen molar-refractivity contribution < 1.29 is 0 Å². The SMILES string of the molecule is CC(CCCN)NCCCCNCCCCCCN. The largest absolute Gasteiger partial charge is 0.330 e. The van der Waals surface area contributed by atoms with Crippen LogP contribution in [0.5, 0.6) is 0 Å². The third-order valence-electron chi connectivity index (χ3n) is 3.42. The second-order valence-electron chi connectivity index (χ2n) is 5.45. The maximum absolute atomic E-state index is 5.50. The van der Waals surface area contributed by atoms with Crippen molar-refractivity contribution in [1.29, 1.82) is 0 Å². The molecule has 1 atom stereocenters. The summed E-state index contributed by atoms with van der Waals surface area (Å²) in [6, 6.07) is 0.610. The molecule has 6 N–H and O–H groups in total. The molecule has 1 unspecified atom stereocenters. The summed E-state index contributed by atoms with van der Waals surface area (Å²) in [5.41, 5.74) is 11.0. The van der Waals surface area contributed by atoms with Crippen molar-refractivity contribution >= 4 is 0 Å². The highest BCUT2D eigenvalue weighted by Gasteiger charge is 1.99. The number of nitrogens with one attached hydrogen (secondary N) is 2. The van der Waals surface area contributed by atoms with E-state index in [-0.39, 0.29) is 0 Å². The van der Waals surface area contributed by atoms with Gasteiger partial charge in [-0.05, 0) is 78.2 Å². The lowest BCUT2D eigenvalue weighted by Crippen LogP contribution is -2.28. The van der Waals surface area contributed by atoms with Gasteiger partial charge in [0.05, 0.1) is 0 Å². The third-order valence-corrected chi connectivity index (χ3v) is 3.42. The number of nitrogens with two attached hydrogens (primary N) is 2. The summed E-state index contributed by atoms with van der Waals surface area (Å²) in [6.07, 6.45) is 9.89. The van der Waals surface area contributed by atoms with Crippen molar-refractivity contribution in [3.63, 3.8) is 0 Å². The summed E-state index contributed by atoms with van der Waals surface area (Å²) >= 11 is 0. The van der Waals surface area contributed by atoms with Crippen LogP contribution in [0.3, 0.4) is 0 Å². The summed E-state index contributed by atoms with van der Waals surface area (Å²) in [5, 5.41) is 7.06. The first-order valence-corrected chi connectivity index (χ1v) is 8.15. The fraction of sp³-hybridized carbons (Fsp3) is 1.00. The predicted molar refractivity (Wildman–Crippen MR) is 85.4 cm³/mol. The van der Waals surface area contributed by atoms with Gasteiger partial charge in [0.25, 0.3) is 0 Å². The van der Waals surface area contributed by atoms with E-state index >= 15 is 0 Å². The van der Waals surface area contributed by atoms with E-state index in [0.29, 0.717) is 6.04 Å². The van der Waals surface area contributed by atoms with Gasteiger partial charge in [-0.1, -0.05) is 12.8 Å². The molecule has 0 aromatic heterocycles. The van der Waals surface area contributed by atoms with Crippen LogP contribution < -0.4 is 22.1 Å². The zero-order valence-corrected chi connectivity index (χ0v) is 12.9. The van der Waals surface area contributed by atoms with Gasteiger partial charge in [-0.2, -0.15) is 0 Å². The van der Waals surface area contributed by atoms with Crippen LogP contribution in [0.2, 0.25) is 0 Å². The maximum Gasteiger partial charge on any atom is 0.00391 e. The van der Waals surface area contributed by atoms with Gasteiger partial charge in [0, 0.05) is 6.04 Å². The van der Waals surface area contributed by atoms with E-state index in [1.165, 1.54) is 44.9 Å². The minimum absolute atomic E-state index is 0.610. The first kappa shape index (κ1) is 18.8. The van der Waals surface area contributed by atoms with Crippen LogP contribution in [0.25, 0.3) is 0 Å². The lowest BCUT2D eigenvalue weighted by atomic mass is 10.2. The summed E-state index contributed by atoms with van der Waals surface area (Å²) in [5.74, 6) is 0. The Morgan fingerprint density at radius 1 is 0.737 bits per heavy atom. The van der Waals surface area contributed by atoms with E-state index in [2.05, 4.69) is 17.6 Å². The predicted octanol–water partition coefficient (Wildman–Crippen LogP) is 1.59. The topological polar surface area (TPSA) is 76.1 Å². The van der Waals surface area contributed by atoms with Gasteiger partial charge < -0.3 is 22.1 Å². The van der Waals surface area contributed by atoms with E-state index in [1.54, 1.807) is 0 Å². The van der Waals surface area contributed by atoms with Crippen LogP contribution in [-0.2, 0) is 0 Å². The molecule has 0 bridgehead atoms. The van der Waals surface area contributed by atoms with E-state index < -0.39 is 0 Å². The molecule has 0 heterocycles. The fourth-order valence-corrected chi connectivity index (χ4v) is 2.12. The zero-order chi connectivity index (χ0) is 14.2. The van der Waals surface area contributed by atoms with Gasteiger partial charge in [-0.15, -0.1) is 0 Å².